The Morgan fingerprint density at radius 1 is 1.07 bits per heavy atom. The summed E-state index contributed by atoms with van der Waals surface area (Å²) in [5.41, 5.74) is 2.10. The molecule has 0 aliphatic carbocycles. The molecule has 14 heteroatoms. The third-order valence-corrected chi connectivity index (χ3v) is 8.99. The minimum Gasteiger partial charge on any atom is -0.461 e. The van der Waals surface area contributed by atoms with Crippen molar-refractivity contribution in [2.24, 2.45) is 0 Å². The van der Waals surface area contributed by atoms with Gasteiger partial charge in [0.05, 0.1) is 19.2 Å². The predicted octanol–water partition coefficient (Wildman–Crippen LogP) is 4.47. The molecule has 0 radical (unpaired) electrons. The maximum absolute atomic E-state index is 13.9. The highest BCUT2D eigenvalue weighted by Crippen LogP contribution is 2.35. The van der Waals surface area contributed by atoms with Crippen LogP contribution in [0.15, 0.2) is 41.1 Å². The molecule has 1 aliphatic heterocycles. The molecule has 2 amide bonds. The number of amides is 2. The van der Waals surface area contributed by atoms with E-state index < -0.39 is 48.0 Å². The van der Waals surface area contributed by atoms with Crippen LogP contribution in [0.3, 0.4) is 0 Å². The predicted molar refractivity (Wildman–Crippen MR) is 163 cm³/mol. The first kappa shape index (κ1) is 33.1. The van der Waals surface area contributed by atoms with Crippen molar-refractivity contribution in [3.8, 4) is 0 Å². The van der Waals surface area contributed by atoms with Crippen molar-refractivity contribution in [3.63, 3.8) is 0 Å². The monoisotopic (exact) mass is 661 g/mol. The molecule has 2 aromatic heterocycles. The number of nitrogens with one attached hydrogen (secondary N) is 1. The van der Waals surface area contributed by atoms with Crippen LogP contribution in [0.5, 0.6) is 0 Å². The molecule has 1 aliphatic rings. The van der Waals surface area contributed by atoms with Gasteiger partial charge in [0.25, 0.3) is 11.8 Å². The van der Waals surface area contributed by atoms with Crippen molar-refractivity contribution in [1.82, 2.24) is 15.2 Å². The largest absolute Gasteiger partial charge is 0.461 e. The molecular weight excluding hydrogens is 630 g/mol. The molecule has 0 unspecified atom stereocenters. The lowest BCUT2D eigenvalue weighted by atomic mass is 10.1. The van der Waals surface area contributed by atoms with Crippen molar-refractivity contribution in [3.05, 3.63) is 72.8 Å². The van der Waals surface area contributed by atoms with Gasteiger partial charge in [0.1, 0.15) is 5.01 Å². The van der Waals surface area contributed by atoms with E-state index in [0.29, 0.717) is 29.3 Å². The molecule has 4 rings (SSSR count). The summed E-state index contributed by atoms with van der Waals surface area (Å²) < 4.78 is 15.6. The van der Waals surface area contributed by atoms with Gasteiger partial charge < -0.3 is 24.4 Å². The second-order valence-corrected chi connectivity index (χ2v) is 12.2. The normalized spacial score (nSPS) is 15.7. The molecular formula is C30H32ClN3O8S2. The standard InChI is InChI=1S/C30H32ClN3O8S2/c1-4-40-30(39)23-16-44-28(33-23)24-10-7-11-34(24)29(38)26(42-18(3)36)25(41-17(2)35)27(37)32-14-21-13-19(15-43-21)12-20-8-5-6-9-22(20)31/h5-6,8-9,13,15-16,24-26H,4,7,10-12,14H2,1-3H3,(H,32,37)/t24-,25-,26-/m1/s1. The molecule has 3 aromatic rings. The average molecular weight is 662 g/mol. The van der Waals surface area contributed by atoms with E-state index in [9.17, 15) is 24.0 Å². The van der Waals surface area contributed by atoms with Crippen molar-refractivity contribution in [1.29, 1.82) is 0 Å². The Morgan fingerprint density at radius 3 is 2.50 bits per heavy atom. The molecule has 11 nitrogen and oxygen atoms in total. The van der Waals surface area contributed by atoms with Crippen LogP contribution < -0.4 is 5.32 Å². The lowest BCUT2D eigenvalue weighted by Crippen LogP contribution is -2.53. The van der Waals surface area contributed by atoms with E-state index in [-0.39, 0.29) is 25.4 Å². The number of aromatic nitrogens is 1. The smallest absolute Gasteiger partial charge is 0.357 e. The number of hydrogen-bond acceptors (Lipinski definition) is 11. The number of ether oxygens (including phenoxy) is 3. The number of carbonyl (C=O) groups is 5. The van der Waals surface area contributed by atoms with E-state index in [0.717, 1.165) is 29.9 Å². The summed E-state index contributed by atoms with van der Waals surface area (Å²) in [5, 5.41) is 7.38. The van der Waals surface area contributed by atoms with E-state index in [2.05, 4.69) is 10.3 Å². The second-order valence-electron chi connectivity index (χ2n) is 9.95. The van der Waals surface area contributed by atoms with Crippen LogP contribution in [0.2, 0.25) is 5.02 Å². The van der Waals surface area contributed by atoms with Gasteiger partial charge in [-0.2, -0.15) is 0 Å². The highest BCUT2D eigenvalue weighted by Gasteiger charge is 2.45. The van der Waals surface area contributed by atoms with E-state index in [1.165, 1.54) is 27.6 Å². The molecule has 0 bridgehead atoms. The number of likely N-dealkylation sites (tertiary alicyclic amines) is 1. The summed E-state index contributed by atoms with van der Waals surface area (Å²) in [6.45, 7) is 4.46. The zero-order valence-electron chi connectivity index (χ0n) is 24.4. The van der Waals surface area contributed by atoms with Crippen molar-refractivity contribution < 1.29 is 38.2 Å². The fourth-order valence-electron chi connectivity index (χ4n) is 4.79. The number of hydrogen-bond donors (Lipinski definition) is 1. The van der Waals surface area contributed by atoms with E-state index in [1.807, 2.05) is 35.7 Å². The lowest BCUT2D eigenvalue weighted by Gasteiger charge is -2.30. The van der Waals surface area contributed by atoms with Crippen LogP contribution in [0, 0.1) is 0 Å². The molecule has 1 aromatic carbocycles. The molecule has 0 saturated carbocycles. The molecule has 234 valence electrons. The van der Waals surface area contributed by atoms with Crippen LogP contribution in [0.1, 0.15) is 71.2 Å². The van der Waals surface area contributed by atoms with Crippen LogP contribution in [-0.2, 0) is 46.4 Å². The molecule has 3 heterocycles. The zero-order chi connectivity index (χ0) is 31.8. The van der Waals surface area contributed by atoms with Gasteiger partial charge in [-0.25, -0.2) is 9.78 Å². The van der Waals surface area contributed by atoms with Crippen LogP contribution >= 0.6 is 34.3 Å². The Balaban J connectivity index is 1.49. The van der Waals surface area contributed by atoms with Gasteiger partial charge in [0, 0.05) is 35.7 Å². The summed E-state index contributed by atoms with van der Waals surface area (Å²) in [6, 6.07) is 8.93. The van der Waals surface area contributed by atoms with E-state index in [1.54, 1.807) is 12.3 Å². The van der Waals surface area contributed by atoms with Crippen LogP contribution in [-0.4, -0.2) is 65.0 Å². The molecule has 44 heavy (non-hydrogen) atoms. The molecule has 1 saturated heterocycles. The molecule has 3 atom stereocenters. The number of nitrogens with zero attached hydrogens (tertiary/aromatic N) is 2. The minimum atomic E-state index is -1.74. The van der Waals surface area contributed by atoms with Gasteiger partial charge in [-0.15, -0.1) is 22.7 Å². The Labute approximate surface area is 267 Å². The maximum Gasteiger partial charge on any atom is 0.357 e. The quantitative estimate of drug-likeness (QED) is 0.220. The van der Waals surface area contributed by atoms with Crippen LogP contribution in [0.4, 0.5) is 0 Å². The van der Waals surface area contributed by atoms with Crippen molar-refractivity contribution in [2.75, 3.05) is 13.2 Å². The summed E-state index contributed by atoms with van der Waals surface area (Å²) >= 11 is 8.91. The van der Waals surface area contributed by atoms with Gasteiger partial charge in [0.2, 0.25) is 12.2 Å². The Kier molecular flexibility index (Phi) is 11.5. The number of esters is 3. The molecule has 1 fully saturated rings. The first-order valence-corrected chi connectivity index (χ1v) is 16.1. The van der Waals surface area contributed by atoms with Gasteiger partial charge in [0.15, 0.2) is 5.69 Å². The van der Waals surface area contributed by atoms with E-state index in [4.69, 9.17) is 25.8 Å². The summed E-state index contributed by atoms with van der Waals surface area (Å²) in [5.74, 6) is -3.74. The first-order valence-electron chi connectivity index (χ1n) is 13.9. The fraction of sp³-hybridized carbons (Fsp3) is 0.400. The summed E-state index contributed by atoms with van der Waals surface area (Å²) in [6.07, 6.45) is -1.72. The number of benzene rings is 1. The van der Waals surface area contributed by atoms with Gasteiger partial charge in [-0.1, -0.05) is 29.8 Å². The molecule has 0 spiro atoms. The summed E-state index contributed by atoms with van der Waals surface area (Å²) in [7, 11) is 0. The Hall–Kier alpha value is -3.81. The van der Waals surface area contributed by atoms with Crippen molar-refractivity contribution in [2.45, 2.75) is 64.8 Å². The van der Waals surface area contributed by atoms with Crippen molar-refractivity contribution >= 4 is 64.0 Å². The third-order valence-electron chi connectivity index (χ3n) is 6.69. The minimum absolute atomic E-state index is 0.0901. The number of carbonyl (C=O) groups excluding carboxylic acids is 5. The maximum atomic E-state index is 13.9. The second kappa shape index (κ2) is 15.3. The van der Waals surface area contributed by atoms with Gasteiger partial charge in [-0.3, -0.25) is 19.2 Å². The highest BCUT2D eigenvalue weighted by molar-refractivity contribution is 7.10. The average Bonchev–Trinajstić information content (AvgIpc) is 3.75. The number of rotatable bonds is 12. The topological polar surface area (TPSA) is 141 Å². The zero-order valence-corrected chi connectivity index (χ0v) is 26.8. The number of thiophene rings is 1. The van der Waals surface area contributed by atoms with E-state index >= 15 is 0 Å². The number of halogens is 1. The SMILES string of the molecule is CCOC(=O)c1csc([C@H]2CCCN2C(=O)[C@H](OC(C)=O)[C@@H](OC(C)=O)C(=O)NCc2cc(Cc3ccccc3Cl)cs2)n1. The first-order chi connectivity index (χ1) is 21.1. The van der Waals surface area contributed by atoms with Gasteiger partial charge in [-0.05, 0) is 54.8 Å². The Bertz CT molecular complexity index is 1520. The fourth-order valence-corrected chi connectivity index (χ4v) is 6.76. The summed E-state index contributed by atoms with van der Waals surface area (Å²) in [4.78, 5) is 70.2. The lowest BCUT2D eigenvalue weighted by molar-refractivity contribution is -0.178. The Morgan fingerprint density at radius 2 is 1.80 bits per heavy atom. The number of thiazole rings is 1. The molecule has 1 N–H and O–H groups in total. The third kappa shape index (κ3) is 8.42. The highest BCUT2D eigenvalue weighted by atomic mass is 35.5. The van der Waals surface area contributed by atoms with Crippen LogP contribution in [0.25, 0.3) is 0 Å². The van der Waals surface area contributed by atoms with Gasteiger partial charge >= 0.3 is 17.9 Å².